The molecule has 1 aliphatic carbocycles. The molecule has 1 aliphatic rings. The van der Waals surface area contributed by atoms with Crippen LogP contribution in [0, 0.1) is 0 Å². The molecule has 0 aliphatic heterocycles. The molecule has 164 valence electrons. The molecule has 0 bridgehead atoms. The SMILES string of the molecule is CC(C)n1nc(-c2cncc(OC(F)F)c2)c2ncc(C(=O)N[C@H]3CCC[C@H]3O)cc21. The fourth-order valence-corrected chi connectivity index (χ4v) is 3.81. The molecule has 31 heavy (non-hydrogen) atoms. The van der Waals surface area contributed by atoms with Gasteiger partial charge in [0, 0.05) is 24.0 Å². The Hall–Kier alpha value is -3.14. The minimum absolute atomic E-state index is 0.0403. The Morgan fingerprint density at radius 2 is 2.06 bits per heavy atom. The molecule has 0 saturated heterocycles. The van der Waals surface area contributed by atoms with Crippen LogP contribution in [0.5, 0.6) is 5.75 Å². The number of fused-ring (bicyclic) bond motifs is 1. The van der Waals surface area contributed by atoms with E-state index in [1.165, 1.54) is 24.7 Å². The number of rotatable bonds is 6. The molecule has 3 aromatic rings. The molecule has 2 N–H and O–H groups in total. The van der Waals surface area contributed by atoms with E-state index in [0.717, 1.165) is 12.8 Å². The average Bonchev–Trinajstić information content (AvgIpc) is 3.30. The van der Waals surface area contributed by atoms with Crippen LogP contribution in [0.4, 0.5) is 8.78 Å². The van der Waals surface area contributed by atoms with Crippen LogP contribution < -0.4 is 10.1 Å². The van der Waals surface area contributed by atoms with Crippen LogP contribution in [-0.4, -0.2) is 49.5 Å². The topological polar surface area (TPSA) is 102 Å². The second kappa shape index (κ2) is 8.54. The fraction of sp³-hybridized carbons (Fsp3) is 0.429. The number of ether oxygens (including phenoxy) is 1. The molecule has 2 atom stereocenters. The number of aliphatic hydroxyl groups is 1. The van der Waals surface area contributed by atoms with Crippen molar-refractivity contribution >= 4 is 16.9 Å². The third-order valence-corrected chi connectivity index (χ3v) is 5.31. The molecule has 1 amide bonds. The van der Waals surface area contributed by atoms with Gasteiger partial charge < -0.3 is 15.2 Å². The van der Waals surface area contributed by atoms with E-state index in [1.807, 2.05) is 13.8 Å². The summed E-state index contributed by atoms with van der Waals surface area (Å²) in [6.07, 6.45) is 5.88. The summed E-state index contributed by atoms with van der Waals surface area (Å²) in [7, 11) is 0. The number of hydrogen-bond acceptors (Lipinski definition) is 6. The van der Waals surface area contributed by atoms with Gasteiger partial charge in [-0.3, -0.25) is 19.4 Å². The molecule has 0 spiro atoms. The monoisotopic (exact) mass is 431 g/mol. The smallest absolute Gasteiger partial charge is 0.387 e. The number of carbonyl (C=O) groups is 1. The van der Waals surface area contributed by atoms with Gasteiger partial charge in [0.25, 0.3) is 5.91 Å². The maximum atomic E-state index is 12.7. The minimum Gasteiger partial charge on any atom is -0.433 e. The van der Waals surface area contributed by atoms with E-state index in [-0.39, 0.29) is 23.7 Å². The summed E-state index contributed by atoms with van der Waals surface area (Å²) in [5.41, 5.74) is 2.43. The lowest BCUT2D eigenvalue weighted by atomic mass is 10.1. The van der Waals surface area contributed by atoms with Gasteiger partial charge in [0.2, 0.25) is 0 Å². The van der Waals surface area contributed by atoms with Crippen molar-refractivity contribution in [2.45, 2.75) is 57.9 Å². The van der Waals surface area contributed by atoms with Crippen molar-refractivity contribution in [1.82, 2.24) is 25.1 Å². The Morgan fingerprint density at radius 1 is 1.26 bits per heavy atom. The van der Waals surface area contributed by atoms with Crippen molar-refractivity contribution < 1.29 is 23.4 Å². The summed E-state index contributed by atoms with van der Waals surface area (Å²) in [6.45, 7) is 0.915. The molecule has 0 radical (unpaired) electrons. The van der Waals surface area contributed by atoms with Gasteiger partial charge >= 0.3 is 6.61 Å². The Bertz CT molecular complexity index is 1100. The van der Waals surface area contributed by atoms with Gasteiger partial charge in [-0.1, -0.05) is 0 Å². The zero-order valence-corrected chi connectivity index (χ0v) is 17.1. The molecule has 10 heteroatoms. The van der Waals surface area contributed by atoms with Gasteiger partial charge in [-0.05, 0) is 45.2 Å². The van der Waals surface area contributed by atoms with Crippen LogP contribution in [0.15, 0.2) is 30.7 Å². The van der Waals surface area contributed by atoms with E-state index < -0.39 is 12.7 Å². The number of alkyl halides is 2. The Labute approximate surface area is 177 Å². The molecule has 8 nitrogen and oxygen atoms in total. The van der Waals surface area contributed by atoms with E-state index in [0.29, 0.717) is 34.3 Å². The lowest BCUT2D eigenvalue weighted by Gasteiger charge is -2.16. The van der Waals surface area contributed by atoms with E-state index in [1.54, 1.807) is 10.7 Å². The predicted molar refractivity (Wildman–Crippen MR) is 109 cm³/mol. The predicted octanol–water partition coefficient (Wildman–Crippen LogP) is 3.32. The van der Waals surface area contributed by atoms with Crippen molar-refractivity contribution in [3.8, 4) is 17.0 Å². The van der Waals surface area contributed by atoms with Crippen molar-refractivity contribution in [3.63, 3.8) is 0 Å². The number of aliphatic hydroxyl groups excluding tert-OH is 1. The molecule has 0 aromatic carbocycles. The van der Waals surface area contributed by atoms with Gasteiger partial charge in [0.05, 0.1) is 29.4 Å². The maximum absolute atomic E-state index is 12.7. The summed E-state index contributed by atoms with van der Waals surface area (Å²) < 4.78 is 31.3. The standard InChI is InChI=1S/C21H23F2N5O3/c1-11(2)28-16-7-13(20(30)26-15-4-3-5-17(15)29)9-25-19(16)18(27-28)12-6-14(10-24-8-12)31-21(22)23/h6-11,15,17,21,29H,3-5H2,1-2H3,(H,26,30)/t15-,17+/m0/s1. The zero-order chi connectivity index (χ0) is 22.1. The first-order valence-electron chi connectivity index (χ1n) is 10.1. The van der Waals surface area contributed by atoms with Gasteiger partial charge in [-0.25, -0.2) is 0 Å². The molecule has 1 fully saturated rings. The maximum Gasteiger partial charge on any atom is 0.387 e. The molecular formula is C21H23F2N5O3. The van der Waals surface area contributed by atoms with Crippen LogP contribution in [-0.2, 0) is 0 Å². The van der Waals surface area contributed by atoms with Crippen LogP contribution in [0.3, 0.4) is 0 Å². The van der Waals surface area contributed by atoms with Crippen molar-refractivity contribution in [3.05, 3.63) is 36.3 Å². The molecule has 0 unspecified atom stereocenters. The molecule has 3 aromatic heterocycles. The van der Waals surface area contributed by atoms with E-state index in [4.69, 9.17) is 0 Å². The van der Waals surface area contributed by atoms with Crippen LogP contribution in [0.2, 0.25) is 0 Å². The van der Waals surface area contributed by atoms with Crippen molar-refractivity contribution in [1.29, 1.82) is 0 Å². The number of nitrogens with zero attached hydrogens (tertiary/aromatic N) is 4. The number of halogens is 2. The number of nitrogens with one attached hydrogen (secondary N) is 1. The summed E-state index contributed by atoms with van der Waals surface area (Å²) in [6, 6.07) is 2.82. The van der Waals surface area contributed by atoms with Gasteiger partial charge in [0.15, 0.2) is 0 Å². The summed E-state index contributed by atoms with van der Waals surface area (Å²) >= 11 is 0. The third kappa shape index (κ3) is 4.34. The zero-order valence-electron chi connectivity index (χ0n) is 17.1. The minimum atomic E-state index is -2.96. The third-order valence-electron chi connectivity index (χ3n) is 5.31. The number of amides is 1. The number of hydrogen-bond donors (Lipinski definition) is 2. The Balaban J connectivity index is 1.71. The first-order chi connectivity index (χ1) is 14.8. The largest absolute Gasteiger partial charge is 0.433 e. The molecule has 3 heterocycles. The summed E-state index contributed by atoms with van der Waals surface area (Å²) in [5.74, 6) is -0.390. The number of pyridine rings is 2. The number of carbonyl (C=O) groups excluding carboxylic acids is 1. The Morgan fingerprint density at radius 3 is 2.74 bits per heavy atom. The molecular weight excluding hydrogens is 408 g/mol. The van der Waals surface area contributed by atoms with Crippen LogP contribution in [0.1, 0.15) is 49.5 Å². The Kier molecular flexibility index (Phi) is 5.81. The second-order valence-corrected chi connectivity index (χ2v) is 7.84. The van der Waals surface area contributed by atoms with E-state index in [9.17, 15) is 18.7 Å². The fourth-order valence-electron chi connectivity index (χ4n) is 3.81. The molecule has 1 saturated carbocycles. The first-order valence-corrected chi connectivity index (χ1v) is 10.1. The highest BCUT2D eigenvalue weighted by Crippen LogP contribution is 2.30. The van der Waals surface area contributed by atoms with Gasteiger partial charge in [0.1, 0.15) is 17.0 Å². The quantitative estimate of drug-likeness (QED) is 0.621. The lowest BCUT2D eigenvalue weighted by Crippen LogP contribution is -2.39. The van der Waals surface area contributed by atoms with Gasteiger partial charge in [-0.15, -0.1) is 0 Å². The highest BCUT2D eigenvalue weighted by Gasteiger charge is 2.27. The van der Waals surface area contributed by atoms with E-state index >= 15 is 0 Å². The average molecular weight is 431 g/mol. The second-order valence-electron chi connectivity index (χ2n) is 7.84. The highest BCUT2D eigenvalue weighted by molar-refractivity contribution is 5.99. The van der Waals surface area contributed by atoms with Crippen molar-refractivity contribution in [2.75, 3.05) is 0 Å². The van der Waals surface area contributed by atoms with Crippen LogP contribution >= 0.6 is 0 Å². The van der Waals surface area contributed by atoms with E-state index in [2.05, 4.69) is 25.1 Å². The summed E-state index contributed by atoms with van der Waals surface area (Å²) in [5, 5.41) is 17.4. The highest BCUT2D eigenvalue weighted by atomic mass is 19.3. The van der Waals surface area contributed by atoms with Gasteiger partial charge in [-0.2, -0.15) is 13.9 Å². The lowest BCUT2D eigenvalue weighted by molar-refractivity contribution is -0.0500. The normalized spacial score (nSPS) is 18.8. The molecule has 4 rings (SSSR count). The first kappa shape index (κ1) is 21.1. The van der Waals surface area contributed by atoms with Crippen molar-refractivity contribution in [2.24, 2.45) is 0 Å². The summed E-state index contributed by atoms with van der Waals surface area (Å²) in [4.78, 5) is 21.1. The van der Waals surface area contributed by atoms with Crippen LogP contribution in [0.25, 0.3) is 22.3 Å². The number of aromatic nitrogens is 4.